The van der Waals surface area contributed by atoms with Crippen molar-refractivity contribution in [2.45, 2.75) is 19.4 Å². The first-order valence-corrected chi connectivity index (χ1v) is 6.94. The summed E-state index contributed by atoms with van der Waals surface area (Å²) in [4.78, 5) is 12.2. The van der Waals surface area contributed by atoms with Crippen LogP contribution in [0.2, 0.25) is 0 Å². The minimum absolute atomic E-state index is 0.0362. The SMILES string of the molecule is CC(NCCc1ccc(F)cc1)C(=O)c1ccc(N)cc1. The molecular formula is C17H19FN2O. The molecule has 2 aromatic rings. The summed E-state index contributed by atoms with van der Waals surface area (Å²) in [5.41, 5.74) is 7.93. The number of ketones is 1. The molecule has 0 spiro atoms. The van der Waals surface area contributed by atoms with Gasteiger partial charge in [0.05, 0.1) is 6.04 Å². The number of anilines is 1. The van der Waals surface area contributed by atoms with Crippen LogP contribution in [0.4, 0.5) is 10.1 Å². The molecule has 4 heteroatoms. The van der Waals surface area contributed by atoms with E-state index in [1.165, 1.54) is 12.1 Å². The molecule has 0 aliphatic carbocycles. The van der Waals surface area contributed by atoms with Gasteiger partial charge in [-0.15, -0.1) is 0 Å². The Labute approximate surface area is 124 Å². The van der Waals surface area contributed by atoms with Crippen molar-refractivity contribution >= 4 is 11.5 Å². The fourth-order valence-corrected chi connectivity index (χ4v) is 2.07. The molecule has 0 aliphatic rings. The number of nitrogen functional groups attached to an aromatic ring is 1. The third-order valence-corrected chi connectivity index (χ3v) is 3.37. The van der Waals surface area contributed by atoms with Crippen molar-refractivity contribution in [2.24, 2.45) is 0 Å². The van der Waals surface area contributed by atoms with E-state index in [2.05, 4.69) is 5.32 Å². The highest BCUT2D eigenvalue weighted by Gasteiger charge is 2.14. The van der Waals surface area contributed by atoms with Gasteiger partial charge >= 0.3 is 0 Å². The van der Waals surface area contributed by atoms with Crippen LogP contribution in [0.15, 0.2) is 48.5 Å². The molecule has 1 unspecified atom stereocenters. The summed E-state index contributed by atoms with van der Waals surface area (Å²) in [6, 6.07) is 13.0. The average Bonchev–Trinajstić information content (AvgIpc) is 2.49. The van der Waals surface area contributed by atoms with Gasteiger partial charge < -0.3 is 11.1 Å². The van der Waals surface area contributed by atoms with Gasteiger partial charge in [-0.3, -0.25) is 4.79 Å². The zero-order valence-electron chi connectivity index (χ0n) is 12.0. The van der Waals surface area contributed by atoms with E-state index in [0.717, 1.165) is 12.0 Å². The van der Waals surface area contributed by atoms with Crippen molar-refractivity contribution in [2.75, 3.05) is 12.3 Å². The molecule has 0 saturated heterocycles. The summed E-state index contributed by atoms with van der Waals surface area (Å²) >= 11 is 0. The largest absolute Gasteiger partial charge is 0.399 e. The third-order valence-electron chi connectivity index (χ3n) is 3.37. The number of benzene rings is 2. The minimum atomic E-state index is -0.269. The first-order chi connectivity index (χ1) is 10.1. The second-order valence-corrected chi connectivity index (χ2v) is 5.04. The van der Waals surface area contributed by atoms with Crippen LogP contribution in [0.25, 0.3) is 0 Å². The zero-order valence-corrected chi connectivity index (χ0v) is 12.0. The highest BCUT2D eigenvalue weighted by molar-refractivity contribution is 6.00. The zero-order chi connectivity index (χ0) is 15.2. The average molecular weight is 286 g/mol. The van der Waals surface area contributed by atoms with Gasteiger partial charge in [-0.1, -0.05) is 12.1 Å². The number of Topliss-reactive ketones (excluding diaryl/α,β-unsaturated/α-hetero) is 1. The van der Waals surface area contributed by atoms with Gasteiger partial charge in [0, 0.05) is 11.3 Å². The number of halogens is 1. The third kappa shape index (κ3) is 4.39. The van der Waals surface area contributed by atoms with E-state index in [9.17, 15) is 9.18 Å². The second kappa shape index (κ2) is 6.99. The molecule has 0 radical (unpaired) electrons. The number of nitrogens with one attached hydrogen (secondary N) is 1. The molecule has 2 rings (SSSR count). The molecule has 2 aromatic carbocycles. The second-order valence-electron chi connectivity index (χ2n) is 5.04. The lowest BCUT2D eigenvalue weighted by Crippen LogP contribution is -2.35. The van der Waals surface area contributed by atoms with Gasteiger partial charge in [0.25, 0.3) is 0 Å². The molecule has 0 aliphatic heterocycles. The molecule has 0 fully saturated rings. The van der Waals surface area contributed by atoms with Gasteiger partial charge in [0.2, 0.25) is 0 Å². The Morgan fingerprint density at radius 2 is 1.76 bits per heavy atom. The topological polar surface area (TPSA) is 55.1 Å². The van der Waals surface area contributed by atoms with Crippen LogP contribution in [0.1, 0.15) is 22.8 Å². The fraction of sp³-hybridized carbons (Fsp3) is 0.235. The van der Waals surface area contributed by atoms with Crippen molar-refractivity contribution in [3.63, 3.8) is 0 Å². The first kappa shape index (κ1) is 15.2. The van der Waals surface area contributed by atoms with Crippen molar-refractivity contribution in [1.82, 2.24) is 5.32 Å². The highest BCUT2D eigenvalue weighted by atomic mass is 19.1. The van der Waals surface area contributed by atoms with Crippen LogP contribution in [0.3, 0.4) is 0 Å². The number of rotatable bonds is 6. The fourth-order valence-electron chi connectivity index (χ4n) is 2.07. The summed E-state index contributed by atoms with van der Waals surface area (Å²) in [5.74, 6) is -0.201. The van der Waals surface area contributed by atoms with Crippen molar-refractivity contribution in [3.8, 4) is 0 Å². The smallest absolute Gasteiger partial charge is 0.179 e. The van der Waals surface area contributed by atoms with E-state index in [1.807, 2.05) is 6.92 Å². The predicted molar refractivity (Wildman–Crippen MR) is 82.8 cm³/mol. The number of hydrogen-bond acceptors (Lipinski definition) is 3. The quantitative estimate of drug-likeness (QED) is 0.634. The van der Waals surface area contributed by atoms with Crippen LogP contribution in [-0.4, -0.2) is 18.4 Å². The minimum Gasteiger partial charge on any atom is -0.399 e. The molecule has 21 heavy (non-hydrogen) atoms. The Hall–Kier alpha value is -2.20. The van der Waals surface area contributed by atoms with Crippen molar-refractivity contribution in [1.29, 1.82) is 0 Å². The number of nitrogens with two attached hydrogens (primary N) is 1. The Bertz CT molecular complexity index is 593. The summed E-state index contributed by atoms with van der Waals surface area (Å²) < 4.78 is 12.8. The summed E-state index contributed by atoms with van der Waals surface area (Å²) in [6.07, 6.45) is 0.750. The summed E-state index contributed by atoms with van der Waals surface area (Å²) in [7, 11) is 0. The lowest BCUT2D eigenvalue weighted by Gasteiger charge is -2.13. The summed E-state index contributed by atoms with van der Waals surface area (Å²) in [5, 5.41) is 3.18. The van der Waals surface area contributed by atoms with Gasteiger partial charge in [-0.2, -0.15) is 0 Å². The Balaban J connectivity index is 1.83. The standard InChI is InChI=1S/C17H19FN2O/c1-12(17(21)14-4-8-16(19)9-5-14)20-11-10-13-2-6-15(18)7-3-13/h2-9,12,20H,10-11,19H2,1H3. The molecule has 0 saturated carbocycles. The maximum absolute atomic E-state index is 12.8. The normalized spacial score (nSPS) is 12.1. The molecule has 110 valence electrons. The van der Waals surface area contributed by atoms with Crippen molar-refractivity contribution in [3.05, 3.63) is 65.5 Å². The van der Waals surface area contributed by atoms with Gasteiger partial charge in [-0.05, 0) is 61.9 Å². The molecule has 0 amide bonds. The van der Waals surface area contributed by atoms with Crippen LogP contribution in [-0.2, 0) is 6.42 Å². The molecule has 3 N–H and O–H groups in total. The number of carbonyl (C=O) groups is 1. The lowest BCUT2D eigenvalue weighted by atomic mass is 10.0. The van der Waals surface area contributed by atoms with E-state index in [4.69, 9.17) is 5.73 Å². The molecule has 0 bridgehead atoms. The molecule has 1 atom stereocenters. The number of carbonyl (C=O) groups excluding carboxylic acids is 1. The molecular weight excluding hydrogens is 267 g/mol. The van der Waals surface area contributed by atoms with E-state index in [0.29, 0.717) is 17.8 Å². The molecule has 0 aromatic heterocycles. The van der Waals surface area contributed by atoms with E-state index in [-0.39, 0.29) is 17.6 Å². The van der Waals surface area contributed by atoms with E-state index < -0.39 is 0 Å². The van der Waals surface area contributed by atoms with Crippen LogP contribution < -0.4 is 11.1 Å². The maximum Gasteiger partial charge on any atom is 0.179 e. The Morgan fingerprint density at radius 1 is 1.14 bits per heavy atom. The van der Waals surface area contributed by atoms with E-state index >= 15 is 0 Å². The van der Waals surface area contributed by atoms with Gasteiger partial charge in [-0.25, -0.2) is 4.39 Å². The van der Waals surface area contributed by atoms with Crippen LogP contribution in [0.5, 0.6) is 0 Å². The van der Waals surface area contributed by atoms with Crippen LogP contribution >= 0.6 is 0 Å². The lowest BCUT2D eigenvalue weighted by molar-refractivity contribution is 0.0951. The van der Waals surface area contributed by atoms with Crippen LogP contribution in [0, 0.1) is 5.82 Å². The maximum atomic E-state index is 12.8. The summed E-state index contributed by atoms with van der Waals surface area (Å²) in [6.45, 7) is 2.50. The van der Waals surface area contributed by atoms with Gasteiger partial charge in [0.15, 0.2) is 5.78 Å². The highest BCUT2D eigenvalue weighted by Crippen LogP contribution is 2.08. The Morgan fingerprint density at radius 3 is 2.38 bits per heavy atom. The Kier molecular flexibility index (Phi) is 5.06. The monoisotopic (exact) mass is 286 g/mol. The van der Waals surface area contributed by atoms with Crippen molar-refractivity contribution < 1.29 is 9.18 Å². The number of hydrogen-bond donors (Lipinski definition) is 2. The van der Waals surface area contributed by atoms with E-state index in [1.54, 1.807) is 36.4 Å². The first-order valence-electron chi connectivity index (χ1n) is 6.94. The molecule has 0 heterocycles. The predicted octanol–water partition coefficient (Wildman–Crippen LogP) is 2.81. The van der Waals surface area contributed by atoms with Gasteiger partial charge in [0.1, 0.15) is 5.82 Å². The molecule has 3 nitrogen and oxygen atoms in total.